The maximum absolute atomic E-state index is 11.4. The van der Waals surface area contributed by atoms with Crippen LogP contribution in [0.4, 0.5) is 11.5 Å². The molecule has 1 saturated heterocycles. The van der Waals surface area contributed by atoms with Crippen LogP contribution in [0.3, 0.4) is 0 Å². The maximum atomic E-state index is 11.4. The molecule has 1 fully saturated rings. The lowest BCUT2D eigenvalue weighted by Gasteiger charge is -2.15. The van der Waals surface area contributed by atoms with Crippen LogP contribution >= 0.6 is 0 Å². The summed E-state index contributed by atoms with van der Waals surface area (Å²) in [5.74, 6) is 0.628. The van der Waals surface area contributed by atoms with Gasteiger partial charge in [0.25, 0.3) is 0 Å². The fraction of sp³-hybridized carbons (Fsp3) is 0.333. The Morgan fingerprint density at radius 1 is 1.54 bits per heavy atom. The number of hydrogen-bond donors (Lipinski definition) is 1. The number of anilines is 2. The molecule has 0 bridgehead atoms. The summed E-state index contributed by atoms with van der Waals surface area (Å²) in [6.45, 7) is 0.794. The third-order valence-corrected chi connectivity index (χ3v) is 2.15. The number of carbonyl (C=O) groups excluding carboxylic acids is 1. The predicted octanol–water partition coefficient (Wildman–Crippen LogP) is 0.791. The number of rotatable bonds is 1. The molecule has 1 aliphatic heterocycles. The number of amides is 1. The van der Waals surface area contributed by atoms with Gasteiger partial charge in [-0.05, 0) is 12.5 Å². The van der Waals surface area contributed by atoms with Crippen LogP contribution in [0.5, 0.6) is 0 Å². The third-order valence-electron chi connectivity index (χ3n) is 2.15. The van der Waals surface area contributed by atoms with E-state index in [0.29, 0.717) is 12.2 Å². The van der Waals surface area contributed by atoms with Gasteiger partial charge in [-0.15, -0.1) is 0 Å². The predicted molar refractivity (Wildman–Crippen MR) is 50.2 cm³/mol. The molecule has 0 spiro atoms. The fourth-order valence-electron chi connectivity index (χ4n) is 1.53. The van der Waals surface area contributed by atoms with Crippen LogP contribution in [-0.2, 0) is 4.79 Å². The highest BCUT2D eigenvalue weighted by Gasteiger charge is 2.21. The first-order valence-corrected chi connectivity index (χ1v) is 4.29. The van der Waals surface area contributed by atoms with Crippen molar-refractivity contribution in [1.29, 1.82) is 0 Å². The molecule has 1 amide bonds. The number of hydrogen-bond acceptors (Lipinski definition) is 3. The van der Waals surface area contributed by atoms with E-state index in [4.69, 9.17) is 5.73 Å². The van der Waals surface area contributed by atoms with Gasteiger partial charge in [-0.1, -0.05) is 0 Å². The van der Waals surface area contributed by atoms with Gasteiger partial charge in [0.15, 0.2) is 0 Å². The van der Waals surface area contributed by atoms with Crippen LogP contribution in [0.15, 0.2) is 18.3 Å². The van der Waals surface area contributed by atoms with Crippen molar-refractivity contribution in [3.63, 3.8) is 0 Å². The van der Waals surface area contributed by atoms with Crippen molar-refractivity contribution in [3.05, 3.63) is 18.3 Å². The van der Waals surface area contributed by atoms with Gasteiger partial charge in [-0.2, -0.15) is 0 Å². The number of nitrogens with zero attached hydrogens (tertiary/aromatic N) is 2. The molecule has 0 radical (unpaired) electrons. The zero-order chi connectivity index (χ0) is 9.26. The average molecular weight is 177 g/mol. The molecule has 0 aliphatic carbocycles. The Labute approximate surface area is 76.4 Å². The van der Waals surface area contributed by atoms with Gasteiger partial charge in [0.1, 0.15) is 5.82 Å². The van der Waals surface area contributed by atoms with E-state index in [1.165, 1.54) is 0 Å². The first-order valence-electron chi connectivity index (χ1n) is 4.29. The average Bonchev–Trinajstić information content (AvgIpc) is 2.51. The van der Waals surface area contributed by atoms with Gasteiger partial charge in [-0.3, -0.25) is 4.79 Å². The molecule has 0 atom stereocenters. The normalized spacial score (nSPS) is 16.6. The SMILES string of the molecule is Nc1cc(N2CCCC2=O)ccn1. The third kappa shape index (κ3) is 1.47. The molecule has 68 valence electrons. The molecule has 1 aromatic rings. The quantitative estimate of drug-likeness (QED) is 0.690. The summed E-state index contributed by atoms with van der Waals surface area (Å²) in [7, 11) is 0. The van der Waals surface area contributed by atoms with E-state index in [1.54, 1.807) is 23.2 Å². The first kappa shape index (κ1) is 8.04. The second-order valence-corrected chi connectivity index (χ2v) is 3.09. The van der Waals surface area contributed by atoms with Crippen LogP contribution in [0.1, 0.15) is 12.8 Å². The molecular formula is C9H11N3O. The van der Waals surface area contributed by atoms with Gasteiger partial charge in [0, 0.05) is 30.9 Å². The monoisotopic (exact) mass is 177 g/mol. The number of pyridine rings is 1. The van der Waals surface area contributed by atoms with Crippen molar-refractivity contribution >= 4 is 17.4 Å². The highest BCUT2D eigenvalue weighted by atomic mass is 16.2. The van der Waals surface area contributed by atoms with Crippen molar-refractivity contribution in [2.45, 2.75) is 12.8 Å². The Balaban J connectivity index is 2.29. The van der Waals surface area contributed by atoms with Gasteiger partial charge in [0.2, 0.25) is 5.91 Å². The largest absolute Gasteiger partial charge is 0.384 e. The van der Waals surface area contributed by atoms with Crippen LogP contribution in [-0.4, -0.2) is 17.4 Å². The highest BCUT2D eigenvalue weighted by molar-refractivity contribution is 5.95. The van der Waals surface area contributed by atoms with Crippen LogP contribution in [0.2, 0.25) is 0 Å². The van der Waals surface area contributed by atoms with Crippen molar-refractivity contribution in [2.75, 3.05) is 17.2 Å². The molecule has 0 aromatic carbocycles. The Kier molecular flexibility index (Phi) is 1.88. The van der Waals surface area contributed by atoms with E-state index in [0.717, 1.165) is 18.7 Å². The van der Waals surface area contributed by atoms with Crippen LogP contribution < -0.4 is 10.6 Å². The minimum absolute atomic E-state index is 0.172. The summed E-state index contributed by atoms with van der Waals surface area (Å²) in [4.78, 5) is 17.0. The lowest BCUT2D eigenvalue weighted by molar-refractivity contribution is -0.117. The Morgan fingerprint density at radius 3 is 3.00 bits per heavy atom. The van der Waals surface area contributed by atoms with Crippen molar-refractivity contribution in [1.82, 2.24) is 4.98 Å². The summed E-state index contributed by atoms with van der Waals surface area (Å²) in [5.41, 5.74) is 6.38. The number of nitrogen functional groups attached to an aromatic ring is 1. The van der Waals surface area contributed by atoms with Crippen LogP contribution in [0, 0.1) is 0 Å². The van der Waals surface area contributed by atoms with Crippen molar-refractivity contribution < 1.29 is 4.79 Å². The molecule has 4 heteroatoms. The van der Waals surface area contributed by atoms with E-state index >= 15 is 0 Å². The van der Waals surface area contributed by atoms with E-state index in [9.17, 15) is 4.79 Å². The fourth-order valence-corrected chi connectivity index (χ4v) is 1.53. The van der Waals surface area contributed by atoms with E-state index in [1.807, 2.05) is 0 Å². The molecule has 2 heterocycles. The summed E-state index contributed by atoms with van der Waals surface area (Å²) in [6, 6.07) is 3.53. The summed E-state index contributed by atoms with van der Waals surface area (Å²) >= 11 is 0. The van der Waals surface area contributed by atoms with E-state index in [2.05, 4.69) is 4.98 Å². The highest BCUT2D eigenvalue weighted by Crippen LogP contribution is 2.21. The molecule has 2 rings (SSSR count). The van der Waals surface area contributed by atoms with E-state index in [-0.39, 0.29) is 5.91 Å². The summed E-state index contributed by atoms with van der Waals surface area (Å²) in [5, 5.41) is 0. The van der Waals surface area contributed by atoms with Gasteiger partial charge in [0.05, 0.1) is 0 Å². The second kappa shape index (κ2) is 3.05. The summed E-state index contributed by atoms with van der Waals surface area (Å²) in [6.07, 6.45) is 3.19. The Hall–Kier alpha value is -1.58. The molecule has 1 aromatic heterocycles. The number of nitrogens with two attached hydrogens (primary N) is 1. The minimum Gasteiger partial charge on any atom is -0.384 e. The standard InChI is InChI=1S/C9H11N3O/c10-8-6-7(3-4-11-8)12-5-1-2-9(12)13/h3-4,6H,1-2,5H2,(H2,10,11). The topological polar surface area (TPSA) is 59.2 Å². The summed E-state index contributed by atoms with van der Waals surface area (Å²) < 4.78 is 0. The Bertz CT molecular complexity index is 337. The minimum atomic E-state index is 0.172. The van der Waals surface area contributed by atoms with Crippen LogP contribution in [0.25, 0.3) is 0 Å². The molecule has 13 heavy (non-hydrogen) atoms. The molecule has 2 N–H and O–H groups in total. The lowest BCUT2D eigenvalue weighted by atomic mass is 10.3. The number of aromatic nitrogens is 1. The maximum Gasteiger partial charge on any atom is 0.227 e. The van der Waals surface area contributed by atoms with Gasteiger partial charge in [-0.25, -0.2) is 4.98 Å². The molecule has 0 unspecified atom stereocenters. The van der Waals surface area contributed by atoms with Crippen molar-refractivity contribution in [3.8, 4) is 0 Å². The smallest absolute Gasteiger partial charge is 0.227 e. The van der Waals surface area contributed by atoms with E-state index < -0.39 is 0 Å². The molecular weight excluding hydrogens is 166 g/mol. The zero-order valence-electron chi connectivity index (χ0n) is 7.23. The van der Waals surface area contributed by atoms with Crippen molar-refractivity contribution in [2.24, 2.45) is 0 Å². The number of carbonyl (C=O) groups is 1. The second-order valence-electron chi connectivity index (χ2n) is 3.09. The first-order chi connectivity index (χ1) is 6.27. The lowest BCUT2D eigenvalue weighted by Crippen LogP contribution is -2.23. The molecule has 4 nitrogen and oxygen atoms in total. The Morgan fingerprint density at radius 2 is 2.38 bits per heavy atom. The zero-order valence-corrected chi connectivity index (χ0v) is 7.23. The molecule has 0 saturated carbocycles. The molecule has 1 aliphatic rings. The van der Waals surface area contributed by atoms with Gasteiger partial charge >= 0.3 is 0 Å². The van der Waals surface area contributed by atoms with Gasteiger partial charge < -0.3 is 10.6 Å².